The monoisotopic (exact) mass is 248 g/mol. The summed E-state index contributed by atoms with van der Waals surface area (Å²) in [4.78, 5) is 2.52. The molecule has 0 radical (unpaired) electrons. The molecule has 1 heterocycles. The van der Waals surface area contributed by atoms with E-state index in [0.717, 1.165) is 18.7 Å². The molecule has 0 aliphatic carbocycles. The maximum atomic E-state index is 5.34. The summed E-state index contributed by atoms with van der Waals surface area (Å²) in [5.74, 6) is 0.960. The molecule has 0 aromatic heterocycles. The summed E-state index contributed by atoms with van der Waals surface area (Å²) >= 11 is 0. The Labute approximate surface area is 110 Å². The number of piperidine rings is 1. The van der Waals surface area contributed by atoms with Crippen LogP contribution in [0.15, 0.2) is 18.2 Å². The van der Waals surface area contributed by atoms with E-state index in [4.69, 9.17) is 4.74 Å². The fourth-order valence-corrected chi connectivity index (χ4v) is 2.59. The molecule has 18 heavy (non-hydrogen) atoms. The number of methoxy groups -OCH3 is 1. The summed E-state index contributed by atoms with van der Waals surface area (Å²) in [6, 6.07) is 6.48. The van der Waals surface area contributed by atoms with Crippen LogP contribution in [0.2, 0.25) is 0 Å². The van der Waals surface area contributed by atoms with Crippen molar-refractivity contribution in [1.82, 2.24) is 5.32 Å². The molecule has 0 atom stereocenters. The Morgan fingerprint density at radius 2 is 2.00 bits per heavy atom. The van der Waals surface area contributed by atoms with Crippen LogP contribution in [0, 0.1) is 0 Å². The lowest BCUT2D eigenvalue weighted by molar-refractivity contribution is 0.414. The van der Waals surface area contributed by atoms with Crippen LogP contribution < -0.4 is 15.0 Å². The molecule has 100 valence electrons. The Morgan fingerprint density at radius 1 is 1.22 bits per heavy atom. The van der Waals surface area contributed by atoms with Gasteiger partial charge in [-0.05, 0) is 63.0 Å². The molecule has 3 heteroatoms. The molecule has 1 fully saturated rings. The van der Waals surface area contributed by atoms with Gasteiger partial charge in [-0.1, -0.05) is 0 Å². The molecule has 0 bridgehead atoms. The van der Waals surface area contributed by atoms with Crippen LogP contribution in [0.4, 0.5) is 5.69 Å². The fourth-order valence-electron chi connectivity index (χ4n) is 2.59. The van der Waals surface area contributed by atoms with E-state index in [1.165, 1.54) is 43.6 Å². The molecule has 3 nitrogen and oxygen atoms in total. The molecule has 1 aliphatic heterocycles. The number of benzene rings is 1. The number of ether oxygens (including phenoxy) is 1. The van der Waals surface area contributed by atoms with Gasteiger partial charge >= 0.3 is 0 Å². The molecule has 1 aromatic carbocycles. The summed E-state index contributed by atoms with van der Waals surface area (Å²) < 4.78 is 5.34. The lowest BCUT2D eigenvalue weighted by Gasteiger charge is -2.31. The van der Waals surface area contributed by atoms with Crippen LogP contribution in [0.25, 0.3) is 0 Å². The third kappa shape index (κ3) is 3.16. The first-order valence-corrected chi connectivity index (χ1v) is 6.91. The van der Waals surface area contributed by atoms with E-state index < -0.39 is 0 Å². The van der Waals surface area contributed by atoms with Crippen molar-refractivity contribution >= 4 is 5.69 Å². The molecular weight excluding hydrogens is 224 g/mol. The van der Waals surface area contributed by atoms with Crippen LogP contribution in [0.1, 0.15) is 24.8 Å². The second kappa shape index (κ2) is 6.64. The van der Waals surface area contributed by atoms with E-state index >= 15 is 0 Å². The zero-order valence-corrected chi connectivity index (χ0v) is 11.5. The number of nitrogens with one attached hydrogen (secondary N) is 1. The quantitative estimate of drug-likeness (QED) is 0.866. The van der Waals surface area contributed by atoms with E-state index in [2.05, 4.69) is 28.4 Å². The first-order valence-electron chi connectivity index (χ1n) is 6.91. The fraction of sp³-hybridized carbons (Fsp3) is 0.600. The average molecular weight is 248 g/mol. The van der Waals surface area contributed by atoms with Crippen molar-refractivity contribution in [1.29, 1.82) is 0 Å². The number of nitrogens with zero attached hydrogens (tertiary/aromatic N) is 1. The van der Waals surface area contributed by atoms with Gasteiger partial charge in [-0.25, -0.2) is 0 Å². The van der Waals surface area contributed by atoms with Gasteiger partial charge in [0.1, 0.15) is 5.75 Å². The molecule has 0 amide bonds. The van der Waals surface area contributed by atoms with Gasteiger partial charge in [0, 0.05) is 18.8 Å². The van der Waals surface area contributed by atoms with Gasteiger partial charge in [-0.3, -0.25) is 0 Å². The Hall–Kier alpha value is -1.22. The lowest BCUT2D eigenvalue weighted by atomic mass is 10.0. The van der Waals surface area contributed by atoms with Crippen molar-refractivity contribution in [3.63, 3.8) is 0 Å². The van der Waals surface area contributed by atoms with Crippen molar-refractivity contribution in [2.45, 2.75) is 25.7 Å². The number of anilines is 1. The standard InChI is InChI=1S/C15H24N2O/c1-16-9-8-13-12-14(18-2)6-7-15(13)17-10-4-3-5-11-17/h6-7,12,16H,3-5,8-11H2,1-2H3. The topological polar surface area (TPSA) is 24.5 Å². The van der Waals surface area contributed by atoms with Crippen molar-refractivity contribution in [3.8, 4) is 5.75 Å². The lowest BCUT2D eigenvalue weighted by Crippen LogP contribution is -2.30. The van der Waals surface area contributed by atoms with E-state index in [9.17, 15) is 0 Å². The molecule has 1 aromatic rings. The van der Waals surface area contributed by atoms with E-state index in [1.54, 1.807) is 7.11 Å². The van der Waals surface area contributed by atoms with Gasteiger partial charge in [-0.15, -0.1) is 0 Å². The smallest absolute Gasteiger partial charge is 0.119 e. The van der Waals surface area contributed by atoms with Crippen LogP contribution >= 0.6 is 0 Å². The van der Waals surface area contributed by atoms with Crippen LogP contribution in [-0.2, 0) is 6.42 Å². The number of likely N-dealkylation sites (N-methyl/N-ethyl adjacent to an activating group) is 1. The Bertz CT molecular complexity index is 373. The highest BCUT2D eigenvalue weighted by Gasteiger charge is 2.14. The molecule has 1 N–H and O–H groups in total. The van der Waals surface area contributed by atoms with E-state index in [1.807, 2.05) is 7.05 Å². The molecule has 0 saturated carbocycles. The molecule has 1 aliphatic rings. The van der Waals surface area contributed by atoms with Gasteiger partial charge in [0.05, 0.1) is 7.11 Å². The number of hydrogen-bond donors (Lipinski definition) is 1. The largest absolute Gasteiger partial charge is 0.497 e. The minimum absolute atomic E-state index is 0.960. The molecule has 0 spiro atoms. The third-order valence-corrected chi connectivity index (χ3v) is 3.63. The predicted octanol–water partition coefficient (Wildman–Crippen LogP) is 2.45. The van der Waals surface area contributed by atoms with Gasteiger partial charge in [0.2, 0.25) is 0 Å². The number of hydrogen-bond acceptors (Lipinski definition) is 3. The SMILES string of the molecule is CNCCc1cc(OC)ccc1N1CCCCC1. The minimum atomic E-state index is 0.960. The first-order chi connectivity index (χ1) is 8.85. The third-order valence-electron chi connectivity index (χ3n) is 3.63. The Morgan fingerprint density at radius 3 is 2.67 bits per heavy atom. The van der Waals surface area contributed by atoms with Crippen molar-refractivity contribution < 1.29 is 4.74 Å². The van der Waals surface area contributed by atoms with E-state index in [0.29, 0.717) is 0 Å². The second-order valence-corrected chi connectivity index (χ2v) is 4.90. The molecule has 2 rings (SSSR count). The summed E-state index contributed by atoms with van der Waals surface area (Å²) in [6.45, 7) is 3.39. The number of rotatable bonds is 5. The van der Waals surface area contributed by atoms with Crippen LogP contribution in [-0.4, -0.2) is 33.8 Å². The van der Waals surface area contributed by atoms with E-state index in [-0.39, 0.29) is 0 Å². The van der Waals surface area contributed by atoms with Gasteiger partial charge in [0.25, 0.3) is 0 Å². The van der Waals surface area contributed by atoms with Crippen LogP contribution in [0.5, 0.6) is 5.75 Å². The summed E-state index contributed by atoms with van der Waals surface area (Å²) in [5.41, 5.74) is 2.79. The molecule has 1 saturated heterocycles. The summed E-state index contributed by atoms with van der Waals surface area (Å²) in [5, 5.41) is 3.22. The zero-order chi connectivity index (χ0) is 12.8. The predicted molar refractivity (Wildman–Crippen MR) is 76.7 cm³/mol. The van der Waals surface area contributed by atoms with Gasteiger partial charge in [-0.2, -0.15) is 0 Å². The van der Waals surface area contributed by atoms with Crippen molar-refractivity contribution in [2.24, 2.45) is 0 Å². The maximum absolute atomic E-state index is 5.34. The van der Waals surface area contributed by atoms with Crippen molar-refractivity contribution in [2.75, 3.05) is 38.7 Å². The summed E-state index contributed by atoms with van der Waals surface area (Å²) in [7, 11) is 3.73. The zero-order valence-electron chi connectivity index (χ0n) is 11.5. The Kier molecular flexibility index (Phi) is 4.88. The second-order valence-electron chi connectivity index (χ2n) is 4.90. The van der Waals surface area contributed by atoms with Crippen molar-refractivity contribution in [3.05, 3.63) is 23.8 Å². The first kappa shape index (κ1) is 13.2. The normalized spacial score (nSPS) is 15.8. The molecule has 0 unspecified atom stereocenters. The minimum Gasteiger partial charge on any atom is -0.497 e. The highest BCUT2D eigenvalue weighted by Crippen LogP contribution is 2.28. The maximum Gasteiger partial charge on any atom is 0.119 e. The Balaban J connectivity index is 2.20. The van der Waals surface area contributed by atoms with Crippen LogP contribution in [0.3, 0.4) is 0 Å². The summed E-state index contributed by atoms with van der Waals surface area (Å²) in [6.07, 6.45) is 5.06. The highest BCUT2D eigenvalue weighted by atomic mass is 16.5. The molecular formula is C15H24N2O. The average Bonchev–Trinajstić information content (AvgIpc) is 2.45. The van der Waals surface area contributed by atoms with Gasteiger partial charge < -0.3 is 15.0 Å². The van der Waals surface area contributed by atoms with Gasteiger partial charge in [0.15, 0.2) is 0 Å². The highest BCUT2D eigenvalue weighted by molar-refractivity contribution is 5.56.